The summed E-state index contributed by atoms with van der Waals surface area (Å²) in [5.41, 5.74) is 3.21. The molecule has 2 fully saturated rings. The Hall–Kier alpha value is -2.04. The molecule has 1 heterocycles. The van der Waals surface area contributed by atoms with Crippen LogP contribution in [0.2, 0.25) is 0 Å². The van der Waals surface area contributed by atoms with Crippen LogP contribution in [0.25, 0.3) is 0 Å². The maximum Gasteiger partial charge on any atom is 0.321 e. The molecular formula is C20H29N3O2. The number of anilines is 1. The molecule has 136 valence electrons. The van der Waals surface area contributed by atoms with Crippen molar-refractivity contribution in [3.8, 4) is 0 Å². The van der Waals surface area contributed by atoms with E-state index in [2.05, 4.69) is 12.2 Å². The first-order valence-electron chi connectivity index (χ1n) is 9.46. The van der Waals surface area contributed by atoms with Crippen molar-refractivity contribution in [2.45, 2.75) is 46.0 Å². The Morgan fingerprint density at radius 2 is 1.56 bits per heavy atom. The topological polar surface area (TPSA) is 52.7 Å². The van der Waals surface area contributed by atoms with E-state index >= 15 is 0 Å². The first kappa shape index (κ1) is 17.8. The summed E-state index contributed by atoms with van der Waals surface area (Å²) >= 11 is 0. The average Bonchev–Trinajstić information content (AvgIpc) is 2.65. The van der Waals surface area contributed by atoms with E-state index in [1.807, 2.05) is 30.0 Å². The quantitative estimate of drug-likeness (QED) is 0.893. The van der Waals surface area contributed by atoms with Crippen molar-refractivity contribution in [1.82, 2.24) is 9.80 Å². The highest BCUT2D eigenvalue weighted by molar-refractivity contribution is 5.89. The third-order valence-electron chi connectivity index (χ3n) is 5.59. The lowest BCUT2D eigenvalue weighted by Gasteiger charge is -2.37. The molecule has 0 atom stereocenters. The molecule has 0 aromatic heterocycles. The minimum atomic E-state index is -0.0759. The summed E-state index contributed by atoms with van der Waals surface area (Å²) in [6.45, 7) is 6.61. The van der Waals surface area contributed by atoms with E-state index in [-0.39, 0.29) is 11.9 Å². The van der Waals surface area contributed by atoms with Crippen LogP contribution in [-0.4, -0.2) is 47.9 Å². The van der Waals surface area contributed by atoms with Gasteiger partial charge >= 0.3 is 6.03 Å². The molecule has 1 saturated carbocycles. The summed E-state index contributed by atoms with van der Waals surface area (Å²) in [5.74, 6) is 0.513. The van der Waals surface area contributed by atoms with Gasteiger partial charge < -0.3 is 15.1 Å². The van der Waals surface area contributed by atoms with E-state index in [9.17, 15) is 9.59 Å². The lowest BCUT2D eigenvalue weighted by molar-refractivity contribution is -0.137. The highest BCUT2D eigenvalue weighted by atomic mass is 16.2. The van der Waals surface area contributed by atoms with Gasteiger partial charge in [0.05, 0.1) is 0 Å². The lowest BCUT2D eigenvalue weighted by Crippen LogP contribution is -2.53. The molecule has 1 N–H and O–H groups in total. The fourth-order valence-electron chi connectivity index (χ4n) is 3.76. The lowest BCUT2D eigenvalue weighted by atomic mass is 9.88. The van der Waals surface area contributed by atoms with Crippen LogP contribution in [0, 0.1) is 19.8 Å². The number of aryl methyl sites for hydroxylation is 2. The number of amides is 3. The van der Waals surface area contributed by atoms with Gasteiger partial charge in [-0.2, -0.15) is 0 Å². The van der Waals surface area contributed by atoms with E-state index in [1.54, 1.807) is 4.90 Å². The van der Waals surface area contributed by atoms with E-state index < -0.39 is 0 Å². The second-order valence-corrected chi connectivity index (χ2v) is 7.38. The molecule has 1 aliphatic heterocycles. The van der Waals surface area contributed by atoms with Gasteiger partial charge in [-0.3, -0.25) is 4.79 Å². The summed E-state index contributed by atoms with van der Waals surface area (Å²) in [6, 6.07) is 5.87. The number of piperazine rings is 1. The second-order valence-electron chi connectivity index (χ2n) is 7.38. The van der Waals surface area contributed by atoms with Gasteiger partial charge in [-0.15, -0.1) is 0 Å². The van der Waals surface area contributed by atoms with Crippen molar-refractivity contribution < 1.29 is 9.59 Å². The largest absolute Gasteiger partial charge is 0.339 e. The molecule has 1 aliphatic carbocycles. The summed E-state index contributed by atoms with van der Waals surface area (Å²) in [4.78, 5) is 28.8. The van der Waals surface area contributed by atoms with Crippen LogP contribution in [0.3, 0.4) is 0 Å². The second kappa shape index (κ2) is 7.89. The molecule has 0 bridgehead atoms. The van der Waals surface area contributed by atoms with Crippen molar-refractivity contribution in [2.24, 2.45) is 5.92 Å². The van der Waals surface area contributed by atoms with E-state index in [1.165, 1.54) is 30.4 Å². The van der Waals surface area contributed by atoms with Gasteiger partial charge in [0.1, 0.15) is 0 Å². The van der Waals surface area contributed by atoms with Gasteiger partial charge in [-0.1, -0.05) is 25.3 Å². The Labute approximate surface area is 150 Å². The Balaban J connectivity index is 1.50. The van der Waals surface area contributed by atoms with Crippen LogP contribution in [0.1, 0.15) is 43.2 Å². The van der Waals surface area contributed by atoms with Crippen LogP contribution in [-0.2, 0) is 4.79 Å². The zero-order chi connectivity index (χ0) is 17.8. The molecule has 1 saturated heterocycles. The molecule has 1 aromatic carbocycles. The van der Waals surface area contributed by atoms with Crippen molar-refractivity contribution in [1.29, 1.82) is 0 Å². The summed E-state index contributed by atoms with van der Waals surface area (Å²) < 4.78 is 0. The van der Waals surface area contributed by atoms with Gasteiger partial charge in [0, 0.05) is 37.8 Å². The van der Waals surface area contributed by atoms with Crippen molar-refractivity contribution in [2.75, 3.05) is 31.5 Å². The molecule has 0 spiro atoms. The molecule has 0 radical (unpaired) electrons. The number of hydrogen-bond donors (Lipinski definition) is 1. The van der Waals surface area contributed by atoms with Gasteiger partial charge in [0.15, 0.2) is 0 Å². The van der Waals surface area contributed by atoms with Gasteiger partial charge in [-0.05, 0) is 49.9 Å². The molecule has 3 amide bonds. The molecule has 1 aromatic rings. The van der Waals surface area contributed by atoms with E-state index in [0.717, 1.165) is 18.5 Å². The highest BCUT2D eigenvalue weighted by Gasteiger charge is 2.29. The zero-order valence-corrected chi connectivity index (χ0v) is 15.4. The van der Waals surface area contributed by atoms with Crippen LogP contribution >= 0.6 is 0 Å². The number of benzene rings is 1. The third-order valence-corrected chi connectivity index (χ3v) is 5.59. The Morgan fingerprint density at radius 1 is 0.920 bits per heavy atom. The average molecular weight is 343 g/mol. The summed E-state index contributed by atoms with van der Waals surface area (Å²) in [6.07, 6.45) is 5.68. The molecular weight excluding hydrogens is 314 g/mol. The summed E-state index contributed by atoms with van der Waals surface area (Å²) in [5, 5.41) is 2.97. The molecule has 0 unspecified atom stereocenters. The number of nitrogens with one attached hydrogen (secondary N) is 1. The maximum absolute atomic E-state index is 12.6. The Bertz CT molecular complexity index is 630. The fraction of sp³-hybridized carbons (Fsp3) is 0.600. The Morgan fingerprint density at radius 3 is 2.20 bits per heavy atom. The predicted octanol–water partition coefficient (Wildman–Crippen LogP) is 3.56. The van der Waals surface area contributed by atoms with E-state index in [4.69, 9.17) is 0 Å². The van der Waals surface area contributed by atoms with Crippen LogP contribution in [0.5, 0.6) is 0 Å². The number of nitrogens with zero attached hydrogens (tertiary/aromatic N) is 2. The standard InChI is InChI=1S/C20H29N3O2/c1-15-8-9-18(14-16(15)2)21-20(25)23-12-10-22(11-13-23)19(24)17-6-4-3-5-7-17/h8-9,14,17H,3-7,10-13H2,1-2H3,(H,21,25). The monoisotopic (exact) mass is 343 g/mol. The fourth-order valence-corrected chi connectivity index (χ4v) is 3.76. The Kier molecular flexibility index (Phi) is 5.61. The first-order valence-corrected chi connectivity index (χ1v) is 9.46. The van der Waals surface area contributed by atoms with Crippen LogP contribution < -0.4 is 5.32 Å². The van der Waals surface area contributed by atoms with Crippen LogP contribution in [0.4, 0.5) is 10.5 Å². The molecule has 5 nitrogen and oxygen atoms in total. The minimum Gasteiger partial charge on any atom is -0.339 e. The van der Waals surface area contributed by atoms with Crippen LogP contribution in [0.15, 0.2) is 18.2 Å². The number of hydrogen-bond acceptors (Lipinski definition) is 2. The van der Waals surface area contributed by atoms with Gasteiger partial charge in [0.25, 0.3) is 0 Å². The van der Waals surface area contributed by atoms with E-state index in [0.29, 0.717) is 32.1 Å². The van der Waals surface area contributed by atoms with Gasteiger partial charge in [-0.25, -0.2) is 4.79 Å². The van der Waals surface area contributed by atoms with Crippen molar-refractivity contribution >= 4 is 17.6 Å². The SMILES string of the molecule is Cc1ccc(NC(=O)N2CCN(C(=O)C3CCCCC3)CC2)cc1C. The van der Waals surface area contributed by atoms with Crippen molar-refractivity contribution in [3.63, 3.8) is 0 Å². The molecule has 5 heteroatoms. The summed E-state index contributed by atoms with van der Waals surface area (Å²) in [7, 11) is 0. The maximum atomic E-state index is 12.6. The smallest absolute Gasteiger partial charge is 0.321 e. The van der Waals surface area contributed by atoms with Gasteiger partial charge in [0.2, 0.25) is 5.91 Å². The zero-order valence-electron chi connectivity index (χ0n) is 15.4. The minimum absolute atomic E-state index is 0.0759. The first-order chi connectivity index (χ1) is 12.0. The number of rotatable bonds is 2. The molecule has 3 rings (SSSR count). The number of carbonyl (C=O) groups is 2. The number of carbonyl (C=O) groups excluding carboxylic acids is 2. The molecule has 2 aliphatic rings. The molecule has 25 heavy (non-hydrogen) atoms. The normalized spacial score (nSPS) is 19.0. The third kappa shape index (κ3) is 4.33. The number of urea groups is 1. The van der Waals surface area contributed by atoms with Crippen molar-refractivity contribution in [3.05, 3.63) is 29.3 Å². The predicted molar refractivity (Wildman–Crippen MR) is 99.7 cm³/mol. The highest BCUT2D eigenvalue weighted by Crippen LogP contribution is 2.26.